The van der Waals surface area contributed by atoms with Crippen LogP contribution in [-0.4, -0.2) is 118 Å². The first-order valence-corrected chi connectivity index (χ1v) is 10.6. The van der Waals surface area contributed by atoms with Crippen LogP contribution in [0.15, 0.2) is 0 Å². The molecule has 0 unspecified atom stereocenters. The first-order valence-electron chi connectivity index (χ1n) is 7.66. The van der Waals surface area contributed by atoms with E-state index in [1.165, 1.54) is 0 Å². The summed E-state index contributed by atoms with van der Waals surface area (Å²) in [6.45, 7) is 0.256. The monoisotopic (exact) mass is 505 g/mol. The van der Waals surface area contributed by atoms with Gasteiger partial charge in [0.15, 0.2) is 0 Å². The lowest BCUT2D eigenvalue weighted by atomic mass is 9.88. The normalized spacial score (nSPS) is 28.0. The molecule has 6 atom stereocenters. The molecule has 31 heavy (non-hydrogen) atoms. The Balaban J connectivity index is 0. The SMILES string of the molecule is CC(=O)N[C@H]1[C@H]([C@H](O)[C@H](O)CO)O[C@](O)(C(=O)O)C[C@@H]1O.O=P(O)(O)O.O=S(=O)(O)O. The smallest absolute Gasteiger partial charge is 0.466 e. The molecular weight excluding hydrogens is 481 g/mol. The minimum atomic E-state index is -4.67. The van der Waals surface area contributed by atoms with E-state index in [9.17, 15) is 30.0 Å². The molecule has 0 aliphatic carbocycles. The summed E-state index contributed by atoms with van der Waals surface area (Å²) in [7, 11) is -9.31. The van der Waals surface area contributed by atoms with E-state index in [0.29, 0.717) is 0 Å². The van der Waals surface area contributed by atoms with Gasteiger partial charge in [-0.3, -0.25) is 13.9 Å². The Labute approximate surface area is 174 Å². The maximum absolute atomic E-state index is 11.1. The second-order valence-electron chi connectivity index (χ2n) is 5.87. The van der Waals surface area contributed by atoms with Crippen LogP contribution in [0.1, 0.15) is 13.3 Å². The van der Waals surface area contributed by atoms with Crippen LogP contribution in [0.5, 0.6) is 0 Å². The molecule has 0 saturated carbocycles. The molecule has 0 spiro atoms. The molecule has 0 aromatic rings. The van der Waals surface area contributed by atoms with Crippen molar-refractivity contribution in [1.82, 2.24) is 5.32 Å². The number of carboxylic acid groups (broad SMARTS) is 1. The highest BCUT2D eigenvalue weighted by atomic mass is 32.3. The quantitative estimate of drug-likeness (QED) is 0.122. The van der Waals surface area contributed by atoms with Gasteiger partial charge in [0.05, 0.1) is 18.8 Å². The number of rotatable bonds is 5. The summed E-state index contributed by atoms with van der Waals surface area (Å²) >= 11 is 0. The molecule has 0 radical (unpaired) electrons. The number of aliphatic hydroxyl groups excluding tert-OH is 4. The van der Waals surface area contributed by atoms with Crippen molar-refractivity contribution in [2.75, 3.05) is 6.61 Å². The lowest BCUT2D eigenvalue weighted by molar-refractivity contribution is -0.295. The third kappa shape index (κ3) is 15.2. The average Bonchev–Trinajstić information content (AvgIpc) is 2.52. The highest BCUT2D eigenvalue weighted by Gasteiger charge is 2.53. The highest BCUT2D eigenvalue weighted by Crippen LogP contribution is 2.30. The fourth-order valence-corrected chi connectivity index (χ4v) is 2.14. The molecule has 1 rings (SSSR count). The molecule has 1 heterocycles. The van der Waals surface area contributed by atoms with Crippen molar-refractivity contribution in [3.8, 4) is 0 Å². The summed E-state index contributed by atoms with van der Waals surface area (Å²) < 4.78 is 45.3. The lowest BCUT2D eigenvalue weighted by Crippen LogP contribution is -2.67. The van der Waals surface area contributed by atoms with Crippen molar-refractivity contribution in [3.63, 3.8) is 0 Å². The Morgan fingerprint density at radius 3 is 1.90 bits per heavy atom. The van der Waals surface area contributed by atoms with Crippen molar-refractivity contribution >= 4 is 30.1 Å². The Hall–Kier alpha value is -1.32. The van der Waals surface area contributed by atoms with Gasteiger partial charge in [0.1, 0.15) is 18.3 Å². The molecule has 20 heteroatoms. The van der Waals surface area contributed by atoms with Crippen LogP contribution in [0.2, 0.25) is 0 Å². The summed E-state index contributed by atoms with van der Waals surface area (Å²) in [5.74, 6) is -5.17. The van der Waals surface area contributed by atoms with Gasteiger partial charge < -0.3 is 55.4 Å². The van der Waals surface area contributed by atoms with E-state index in [4.69, 9.17) is 51.7 Å². The van der Waals surface area contributed by atoms with E-state index in [0.717, 1.165) is 6.92 Å². The minimum absolute atomic E-state index is 0.598. The summed E-state index contributed by atoms with van der Waals surface area (Å²) in [4.78, 5) is 43.7. The van der Waals surface area contributed by atoms with Gasteiger partial charge in [-0.15, -0.1) is 0 Å². The number of aliphatic carboxylic acids is 1. The number of phosphoric acid groups is 1. The second kappa shape index (κ2) is 12.6. The molecular formula is C11H24NO17PS. The Morgan fingerprint density at radius 1 is 1.23 bits per heavy atom. The maximum atomic E-state index is 11.1. The predicted molar refractivity (Wildman–Crippen MR) is 93.2 cm³/mol. The third-order valence-corrected chi connectivity index (χ3v) is 3.21. The van der Waals surface area contributed by atoms with E-state index in [1.807, 2.05) is 0 Å². The van der Waals surface area contributed by atoms with E-state index < -0.39 is 79.4 Å². The molecule has 1 aliphatic heterocycles. The molecule has 1 fully saturated rings. The molecule has 0 bridgehead atoms. The fraction of sp³-hybridized carbons (Fsp3) is 0.818. The van der Waals surface area contributed by atoms with Crippen molar-refractivity contribution < 1.29 is 81.7 Å². The number of carbonyl (C=O) groups excluding carboxylic acids is 1. The molecule has 12 N–H and O–H groups in total. The van der Waals surface area contributed by atoms with Crippen molar-refractivity contribution in [2.24, 2.45) is 0 Å². The van der Waals surface area contributed by atoms with Crippen molar-refractivity contribution in [1.29, 1.82) is 0 Å². The zero-order chi connectivity index (χ0) is 25.4. The Bertz CT molecular complexity index is 722. The number of aliphatic hydroxyl groups is 5. The largest absolute Gasteiger partial charge is 0.477 e. The maximum Gasteiger partial charge on any atom is 0.466 e. The number of ether oxygens (including phenoxy) is 1. The van der Waals surface area contributed by atoms with Crippen molar-refractivity contribution in [2.45, 2.75) is 49.6 Å². The number of hydrogen-bond donors (Lipinski definition) is 12. The first kappa shape index (κ1) is 31.9. The number of hydrogen-bond acceptors (Lipinski definition) is 11. The number of carboxylic acids is 1. The van der Waals surface area contributed by atoms with Gasteiger partial charge in [0, 0.05) is 13.3 Å². The summed E-state index contributed by atoms with van der Waals surface area (Å²) in [5, 5.41) is 59.0. The molecule has 0 aromatic carbocycles. The lowest BCUT2D eigenvalue weighted by Gasteiger charge is -2.44. The zero-order valence-corrected chi connectivity index (χ0v) is 17.2. The Kier molecular flexibility index (Phi) is 13.0. The van der Waals surface area contributed by atoms with Gasteiger partial charge in [-0.25, -0.2) is 9.36 Å². The van der Waals surface area contributed by atoms with Gasteiger partial charge in [0.2, 0.25) is 5.91 Å². The minimum Gasteiger partial charge on any atom is -0.477 e. The van der Waals surface area contributed by atoms with Crippen LogP contribution < -0.4 is 5.32 Å². The van der Waals surface area contributed by atoms with Crippen LogP contribution in [-0.2, 0) is 29.3 Å². The van der Waals surface area contributed by atoms with Crippen molar-refractivity contribution in [3.05, 3.63) is 0 Å². The van der Waals surface area contributed by atoms with Gasteiger partial charge >= 0.3 is 24.2 Å². The zero-order valence-electron chi connectivity index (χ0n) is 15.5. The third-order valence-electron chi connectivity index (χ3n) is 3.21. The van der Waals surface area contributed by atoms with Crippen LogP contribution in [0.25, 0.3) is 0 Å². The number of amides is 1. The van der Waals surface area contributed by atoms with E-state index in [1.54, 1.807) is 0 Å². The van der Waals surface area contributed by atoms with Crippen LogP contribution >= 0.6 is 7.82 Å². The summed E-state index contributed by atoms with van der Waals surface area (Å²) in [6.07, 6.45) is -7.48. The van der Waals surface area contributed by atoms with Gasteiger partial charge in [-0.1, -0.05) is 0 Å². The molecule has 1 amide bonds. The molecule has 186 valence electrons. The Morgan fingerprint density at radius 2 is 1.61 bits per heavy atom. The molecule has 1 saturated heterocycles. The molecule has 0 aromatic heterocycles. The standard InChI is InChI=1S/C11H19NO9.H3O4P.H2O4S/c1-4(14)12-7-5(15)2-11(20,10(18)19)21-9(7)8(17)6(16)3-13;2*1-5(2,3)4/h5-9,13,15-17,20H,2-3H2,1H3,(H,12,14)(H,18,19);(H3,1,2,3,4);(H2,1,2,3,4)/t5-,6+,7+,8+,9+,11-;;/m0../s1. The topological polar surface area (TPSA) is 329 Å². The predicted octanol–water partition coefficient (Wildman–Crippen LogP) is -5.45. The van der Waals surface area contributed by atoms with Gasteiger partial charge in [-0.05, 0) is 0 Å². The molecule has 18 nitrogen and oxygen atoms in total. The van der Waals surface area contributed by atoms with E-state index in [2.05, 4.69) is 5.32 Å². The number of carbonyl (C=O) groups is 2. The molecule has 1 aliphatic rings. The summed E-state index contributed by atoms with van der Waals surface area (Å²) in [6, 6.07) is -1.27. The number of nitrogens with one attached hydrogen (secondary N) is 1. The average molecular weight is 505 g/mol. The summed E-state index contributed by atoms with van der Waals surface area (Å²) in [5.41, 5.74) is 0. The first-order chi connectivity index (χ1) is 13.6. The van der Waals surface area contributed by atoms with Gasteiger partial charge in [0.25, 0.3) is 5.79 Å². The second-order valence-corrected chi connectivity index (χ2v) is 7.79. The van der Waals surface area contributed by atoms with Crippen LogP contribution in [0.4, 0.5) is 0 Å². The van der Waals surface area contributed by atoms with E-state index in [-0.39, 0.29) is 0 Å². The van der Waals surface area contributed by atoms with E-state index >= 15 is 0 Å². The van der Waals surface area contributed by atoms with Crippen LogP contribution in [0.3, 0.4) is 0 Å². The van der Waals surface area contributed by atoms with Gasteiger partial charge in [-0.2, -0.15) is 8.42 Å². The fourth-order valence-electron chi connectivity index (χ4n) is 2.14. The highest BCUT2D eigenvalue weighted by molar-refractivity contribution is 7.79. The van der Waals surface area contributed by atoms with Crippen LogP contribution in [0, 0.1) is 0 Å².